The van der Waals surface area contributed by atoms with E-state index in [4.69, 9.17) is 16.3 Å². The van der Waals surface area contributed by atoms with Gasteiger partial charge in [0.15, 0.2) is 0 Å². The lowest BCUT2D eigenvalue weighted by Crippen LogP contribution is -2.54. The Labute approximate surface area is 217 Å². The maximum Gasteiger partial charge on any atom is 0.335 e. The number of anilines is 1. The molecule has 0 radical (unpaired) electrons. The second-order valence-corrected chi connectivity index (χ2v) is 9.65. The van der Waals surface area contributed by atoms with Gasteiger partial charge in [0, 0.05) is 15.1 Å². The zero-order valence-electron chi connectivity index (χ0n) is 17.8. The van der Waals surface area contributed by atoms with Gasteiger partial charge >= 0.3 is 6.03 Å². The highest BCUT2D eigenvalue weighted by Gasteiger charge is 2.37. The number of carbonyl (C=O) groups excluding carboxylic acids is 3. The van der Waals surface area contributed by atoms with Crippen molar-refractivity contribution in [2.45, 2.75) is 13.5 Å². The summed E-state index contributed by atoms with van der Waals surface area (Å²) in [6, 6.07) is 17.1. The van der Waals surface area contributed by atoms with Gasteiger partial charge in [0.2, 0.25) is 0 Å². The minimum atomic E-state index is -0.844. The van der Waals surface area contributed by atoms with Crippen molar-refractivity contribution in [3.05, 3.63) is 96.9 Å². The molecule has 9 heteroatoms. The summed E-state index contributed by atoms with van der Waals surface area (Å²) < 4.78 is 7.37. The number of urea groups is 1. The van der Waals surface area contributed by atoms with Crippen LogP contribution in [-0.4, -0.2) is 17.8 Å². The van der Waals surface area contributed by atoms with Gasteiger partial charge in [0.1, 0.15) is 17.9 Å². The first-order valence-electron chi connectivity index (χ1n) is 10.1. The van der Waals surface area contributed by atoms with Crippen LogP contribution in [0.15, 0.2) is 75.2 Å². The molecule has 1 aliphatic rings. The molecule has 3 aromatic rings. The Morgan fingerprint density at radius 2 is 1.76 bits per heavy atom. The van der Waals surface area contributed by atoms with Crippen LogP contribution in [0.5, 0.6) is 5.75 Å². The lowest BCUT2D eigenvalue weighted by atomic mass is 10.1. The predicted octanol–water partition coefficient (Wildman–Crippen LogP) is 6.42. The number of nitrogens with one attached hydrogen (secondary N) is 1. The molecule has 4 amide bonds. The van der Waals surface area contributed by atoms with Crippen LogP contribution in [0.2, 0.25) is 5.02 Å². The topological polar surface area (TPSA) is 75.7 Å². The third-order valence-electron chi connectivity index (χ3n) is 5.08. The average molecular weight is 605 g/mol. The van der Waals surface area contributed by atoms with Gasteiger partial charge < -0.3 is 4.74 Å². The molecule has 0 atom stereocenters. The molecule has 0 bridgehead atoms. The van der Waals surface area contributed by atoms with Crippen molar-refractivity contribution in [3.63, 3.8) is 0 Å². The van der Waals surface area contributed by atoms with Crippen molar-refractivity contribution in [3.8, 4) is 5.75 Å². The zero-order valence-corrected chi connectivity index (χ0v) is 21.7. The van der Waals surface area contributed by atoms with E-state index in [1.165, 1.54) is 12.1 Å². The van der Waals surface area contributed by atoms with E-state index < -0.39 is 17.8 Å². The van der Waals surface area contributed by atoms with Crippen LogP contribution in [0.25, 0.3) is 6.08 Å². The minimum absolute atomic E-state index is 0.217. The summed E-state index contributed by atoms with van der Waals surface area (Å²) in [6.07, 6.45) is 1.41. The molecule has 0 unspecified atom stereocenters. The van der Waals surface area contributed by atoms with Gasteiger partial charge in [-0.15, -0.1) is 0 Å². The lowest BCUT2D eigenvalue weighted by Gasteiger charge is -2.26. The molecular formula is C25H17Br2ClN2O4. The van der Waals surface area contributed by atoms with E-state index in [0.717, 1.165) is 16.0 Å². The second-order valence-electron chi connectivity index (χ2n) is 7.47. The van der Waals surface area contributed by atoms with Gasteiger partial charge in [0.25, 0.3) is 11.8 Å². The maximum atomic E-state index is 13.3. The molecule has 0 saturated carbocycles. The zero-order chi connectivity index (χ0) is 24.4. The number of rotatable bonds is 5. The number of hydrogen-bond acceptors (Lipinski definition) is 4. The van der Waals surface area contributed by atoms with Crippen molar-refractivity contribution >= 4 is 73.1 Å². The number of ether oxygens (including phenoxy) is 1. The lowest BCUT2D eigenvalue weighted by molar-refractivity contribution is -0.122. The molecule has 3 aromatic carbocycles. The molecule has 1 saturated heterocycles. The fourth-order valence-electron chi connectivity index (χ4n) is 3.34. The molecule has 1 fully saturated rings. The Morgan fingerprint density at radius 1 is 1.03 bits per heavy atom. The Bertz CT molecular complexity index is 1340. The molecule has 0 aliphatic carbocycles. The van der Waals surface area contributed by atoms with Crippen LogP contribution in [-0.2, 0) is 16.2 Å². The molecule has 0 spiro atoms. The molecule has 4 rings (SSSR count). The highest BCUT2D eigenvalue weighted by molar-refractivity contribution is 9.11. The van der Waals surface area contributed by atoms with E-state index >= 15 is 0 Å². The van der Waals surface area contributed by atoms with Gasteiger partial charge in [0.05, 0.1) is 10.2 Å². The van der Waals surface area contributed by atoms with Crippen LogP contribution < -0.4 is 15.0 Å². The van der Waals surface area contributed by atoms with E-state index in [9.17, 15) is 14.4 Å². The summed E-state index contributed by atoms with van der Waals surface area (Å²) in [5.74, 6) is -1.12. The van der Waals surface area contributed by atoms with Gasteiger partial charge in [-0.1, -0.05) is 63.9 Å². The molecular weight excluding hydrogens is 588 g/mol. The largest absolute Gasteiger partial charge is 0.487 e. The summed E-state index contributed by atoms with van der Waals surface area (Å²) in [6.45, 7) is 2.09. The minimum Gasteiger partial charge on any atom is -0.487 e. The Kier molecular flexibility index (Phi) is 7.21. The molecule has 0 aromatic heterocycles. The van der Waals surface area contributed by atoms with Crippen LogP contribution in [0.4, 0.5) is 10.5 Å². The summed E-state index contributed by atoms with van der Waals surface area (Å²) >= 11 is 13.1. The number of benzene rings is 3. The number of nitrogens with zero attached hydrogens (tertiary/aromatic N) is 1. The average Bonchev–Trinajstić information content (AvgIpc) is 2.79. The molecule has 1 aliphatic heterocycles. The third kappa shape index (κ3) is 5.09. The molecule has 1 N–H and O–H groups in total. The normalized spacial score (nSPS) is 15.0. The molecule has 34 heavy (non-hydrogen) atoms. The smallest absolute Gasteiger partial charge is 0.335 e. The Morgan fingerprint density at radius 3 is 2.47 bits per heavy atom. The Balaban J connectivity index is 1.73. The van der Waals surface area contributed by atoms with Crippen molar-refractivity contribution < 1.29 is 19.1 Å². The highest BCUT2D eigenvalue weighted by atomic mass is 79.9. The van der Waals surface area contributed by atoms with E-state index in [2.05, 4.69) is 37.2 Å². The number of imide groups is 2. The van der Waals surface area contributed by atoms with Crippen LogP contribution in [0.3, 0.4) is 0 Å². The first-order valence-corrected chi connectivity index (χ1v) is 12.0. The van der Waals surface area contributed by atoms with Crippen molar-refractivity contribution in [1.29, 1.82) is 0 Å². The standard InChI is InChI=1S/C25H17Br2ClN2O4/c1-14-7-8-18(12-21(14)28)30-24(32)19(23(31)29-25(30)33)10-16-9-17(26)11-20(27)22(16)34-13-15-5-3-2-4-6-15/h2-12H,13H2,1H3,(H,29,31,33)/b19-10+. The maximum absolute atomic E-state index is 13.3. The van der Waals surface area contributed by atoms with Crippen LogP contribution in [0, 0.1) is 6.92 Å². The fraction of sp³-hybridized carbons (Fsp3) is 0.0800. The predicted molar refractivity (Wildman–Crippen MR) is 138 cm³/mol. The van der Waals surface area contributed by atoms with E-state index in [-0.39, 0.29) is 17.9 Å². The van der Waals surface area contributed by atoms with Crippen molar-refractivity contribution in [2.24, 2.45) is 0 Å². The molecule has 172 valence electrons. The summed E-state index contributed by atoms with van der Waals surface area (Å²) in [7, 11) is 0. The summed E-state index contributed by atoms with van der Waals surface area (Å²) in [5, 5.41) is 2.62. The van der Waals surface area contributed by atoms with Gasteiger partial charge in [-0.2, -0.15) is 0 Å². The number of hydrogen-bond donors (Lipinski definition) is 1. The van der Waals surface area contributed by atoms with E-state index in [0.29, 0.717) is 25.3 Å². The van der Waals surface area contributed by atoms with Gasteiger partial charge in [-0.3, -0.25) is 14.9 Å². The number of amides is 4. The highest BCUT2D eigenvalue weighted by Crippen LogP contribution is 2.36. The van der Waals surface area contributed by atoms with E-state index in [1.807, 2.05) is 30.3 Å². The van der Waals surface area contributed by atoms with Crippen molar-refractivity contribution in [1.82, 2.24) is 5.32 Å². The second kappa shape index (κ2) is 10.1. The number of carbonyl (C=O) groups is 3. The van der Waals surface area contributed by atoms with E-state index in [1.54, 1.807) is 31.2 Å². The van der Waals surface area contributed by atoms with Crippen LogP contribution in [0.1, 0.15) is 16.7 Å². The summed E-state index contributed by atoms with van der Waals surface area (Å²) in [5.41, 5.74) is 2.27. The fourth-order valence-corrected chi connectivity index (χ4v) is 4.89. The quantitative estimate of drug-likeness (QED) is 0.270. The number of halogens is 3. The molecule has 1 heterocycles. The monoisotopic (exact) mass is 602 g/mol. The molecule has 6 nitrogen and oxygen atoms in total. The van der Waals surface area contributed by atoms with Crippen LogP contribution >= 0.6 is 43.5 Å². The third-order valence-corrected chi connectivity index (χ3v) is 6.53. The summed E-state index contributed by atoms with van der Waals surface area (Å²) in [4.78, 5) is 39.3. The number of barbiturate groups is 1. The van der Waals surface area contributed by atoms with Crippen molar-refractivity contribution in [2.75, 3.05) is 4.90 Å². The Hall–Kier alpha value is -2.94. The van der Waals surface area contributed by atoms with Gasteiger partial charge in [-0.05, 0) is 64.3 Å². The first kappa shape index (κ1) is 24.2. The van der Waals surface area contributed by atoms with Gasteiger partial charge in [-0.25, -0.2) is 9.69 Å². The SMILES string of the molecule is Cc1ccc(N2C(=O)NC(=O)/C(=C\c3cc(Br)cc(Br)c3OCc3ccccc3)C2=O)cc1Cl. The first-order chi connectivity index (χ1) is 16.2. The number of aryl methyl sites for hydroxylation is 1.